The van der Waals surface area contributed by atoms with Crippen LogP contribution in [0.4, 0.5) is 0 Å². The van der Waals surface area contributed by atoms with Crippen molar-refractivity contribution in [2.24, 2.45) is 0 Å². The molecule has 0 unspecified atom stereocenters. The summed E-state index contributed by atoms with van der Waals surface area (Å²) in [6.45, 7) is 0.171. The van der Waals surface area contributed by atoms with E-state index >= 15 is 0 Å². The van der Waals surface area contributed by atoms with Crippen molar-refractivity contribution in [3.05, 3.63) is 15.5 Å². The summed E-state index contributed by atoms with van der Waals surface area (Å²) < 4.78 is 23.6. The summed E-state index contributed by atoms with van der Waals surface area (Å²) in [5.74, 6) is -1.12. The van der Waals surface area contributed by atoms with E-state index in [-0.39, 0.29) is 17.9 Å². The second kappa shape index (κ2) is 4.47. The minimum Gasteiger partial charge on any atom is -0.478 e. The Morgan fingerprint density at radius 3 is 2.67 bits per heavy atom. The van der Waals surface area contributed by atoms with E-state index in [9.17, 15) is 13.2 Å². The summed E-state index contributed by atoms with van der Waals surface area (Å²) in [7, 11) is -3.06. The average molecular weight is 344 g/mol. The summed E-state index contributed by atoms with van der Waals surface area (Å²) in [4.78, 5) is 10.7. The van der Waals surface area contributed by atoms with Gasteiger partial charge < -0.3 is 5.11 Å². The van der Waals surface area contributed by atoms with Gasteiger partial charge in [-0.2, -0.15) is 5.10 Å². The first-order valence-electron chi connectivity index (χ1n) is 3.93. The highest BCUT2D eigenvalue weighted by atomic mass is 127. The molecule has 1 rings (SSSR count). The molecule has 1 N–H and O–H groups in total. The summed E-state index contributed by atoms with van der Waals surface area (Å²) in [5.41, 5.74) is 0.0871. The molecule has 0 aliphatic rings. The molecule has 0 saturated heterocycles. The molecule has 84 valence electrons. The van der Waals surface area contributed by atoms with Crippen LogP contribution in [0.3, 0.4) is 0 Å². The molecular weight excluding hydrogens is 335 g/mol. The van der Waals surface area contributed by atoms with Crippen LogP contribution in [0.25, 0.3) is 0 Å². The van der Waals surface area contributed by atoms with Crippen molar-refractivity contribution in [2.75, 3.05) is 12.0 Å². The Hall–Kier alpha value is -0.640. The van der Waals surface area contributed by atoms with E-state index in [4.69, 9.17) is 5.11 Å². The zero-order chi connectivity index (χ0) is 11.6. The molecule has 0 radical (unpaired) electrons. The molecular formula is C7H9IN2O4S. The third kappa shape index (κ3) is 3.45. The fourth-order valence-corrected chi connectivity index (χ4v) is 2.16. The van der Waals surface area contributed by atoms with E-state index in [0.29, 0.717) is 3.70 Å². The minimum atomic E-state index is -3.06. The number of sulfone groups is 1. The van der Waals surface area contributed by atoms with Crippen LogP contribution in [-0.4, -0.2) is 41.3 Å². The number of nitrogens with zero attached hydrogens (tertiary/aromatic N) is 2. The summed E-state index contributed by atoms with van der Waals surface area (Å²) >= 11 is 1.83. The Morgan fingerprint density at radius 2 is 2.27 bits per heavy atom. The van der Waals surface area contributed by atoms with Crippen LogP contribution in [0.1, 0.15) is 10.4 Å². The Bertz CT molecular complexity index is 479. The topological polar surface area (TPSA) is 89.3 Å². The van der Waals surface area contributed by atoms with Gasteiger partial charge in [-0.1, -0.05) is 0 Å². The molecule has 1 aromatic rings. The first kappa shape index (κ1) is 12.4. The van der Waals surface area contributed by atoms with Crippen LogP contribution in [0.2, 0.25) is 0 Å². The van der Waals surface area contributed by atoms with Gasteiger partial charge in [0.25, 0.3) is 0 Å². The number of carboxylic acid groups (broad SMARTS) is 1. The van der Waals surface area contributed by atoms with Crippen molar-refractivity contribution < 1.29 is 18.3 Å². The molecule has 0 aromatic carbocycles. The number of halogens is 1. The molecule has 0 fully saturated rings. The second-order valence-corrected chi connectivity index (χ2v) is 6.29. The van der Waals surface area contributed by atoms with Crippen molar-refractivity contribution in [2.45, 2.75) is 6.54 Å². The Labute approximate surface area is 100 Å². The van der Waals surface area contributed by atoms with Crippen LogP contribution >= 0.6 is 22.6 Å². The molecule has 0 aliphatic carbocycles. The predicted octanol–water partition coefficient (Wildman–Crippen LogP) is 0.230. The Morgan fingerprint density at radius 1 is 1.67 bits per heavy atom. The van der Waals surface area contributed by atoms with Crippen molar-refractivity contribution in [1.82, 2.24) is 9.78 Å². The highest BCUT2D eigenvalue weighted by Crippen LogP contribution is 2.11. The molecule has 1 heterocycles. The highest BCUT2D eigenvalue weighted by molar-refractivity contribution is 14.1. The average Bonchev–Trinajstić information content (AvgIpc) is 2.42. The van der Waals surface area contributed by atoms with Gasteiger partial charge in [0, 0.05) is 6.26 Å². The van der Waals surface area contributed by atoms with Crippen molar-refractivity contribution >= 4 is 38.4 Å². The van der Waals surface area contributed by atoms with Crippen LogP contribution in [0, 0.1) is 3.70 Å². The Balaban J connectivity index is 2.84. The first-order chi connectivity index (χ1) is 6.81. The molecule has 0 atom stereocenters. The maximum atomic E-state index is 10.9. The van der Waals surface area contributed by atoms with Gasteiger partial charge in [-0.15, -0.1) is 0 Å². The number of carbonyl (C=O) groups is 1. The number of carboxylic acids is 1. The molecule has 6 nitrogen and oxygen atoms in total. The highest BCUT2D eigenvalue weighted by Gasteiger charge is 2.14. The number of hydrogen-bond donors (Lipinski definition) is 1. The van der Waals surface area contributed by atoms with Gasteiger partial charge in [-0.05, 0) is 22.6 Å². The lowest BCUT2D eigenvalue weighted by atomic mass is 10.4. The quantitative estimate of drug-likeness (QED) is 0.790. The molecule has 0 saturated carbocycles. The smallest absolute Gasteiger partial charge is 0.340 e. The Kier molecular flexibility index (Phi) is 3.71. The number of rotatable bonds is 4. The summed E-state index contributed by atoms with van der Waals surface area (Å²) in [5, 5.41) is 12.5. The third-order valence-electron chi connectivity index (χ3n) is 1.68. The van der Waals surface area contributed by atoms with Gasteiger partial charge in [0.1, 0.15) is 19.1 Å². The number of aryl methyl sites for hydroxylation is 1. The summed E-state index contributed by atoms with van der Waals surface area (Å²) in [6, 6.07) is 0. The lowest BCUT2D eigenvalue weighted by Crippen LogP contribution is -2.13. The fourth-order valence-electron chi connectivity index (χ4n) is 0.922. The van der Waals surface area contributed by atoms with Gasteiger partial charge in [0.15, 0.2) is 0 Å². The molecule has 0 spiro atoms. The number of aromatic nitrogens is 2. The molecule has 0 bridgehead atoms. The normalized spacial score (nSPS) is 11.6. The van der Waals surface area contributed by atoms with E-state index in [1.54, 1.807) is 0 Å². The zero-order valence-corrected chi connectivity index (χ0v) is 10.8. The van der Waals surface area contributed by atoms with E-state index in [2.05, 4.69) is 5.10 Å². The van der Waals surface area contributed by atoms with Crippen LogP contribution in [0.15, 0.2) is 6.20 Å². The number of aromatic carboxylic acids is 1. The maximum absolute atomic E-state index is 10.9. The van der Waals surface area contributed by atoms with E-state index < -0.39 is 15.8 Å². The standard InChI is InChI=1S/C7H9IN2O4S/c1-15(13,14)3-2-10-6(8)5(4-9-10)7(11)12/h4H,2-3H2,1H3,(H,11,12). The molecule has 15 heavy (non-hydrogen) atoms. The second-order valence-electron chi connectivity index (χ2n) is 3.01. The van der Waals surface area contributed by atoms with Crippen LogP contribution in [0.5, 0.6) is 0 Å². The largest absolute Gasteiger partial charge is 0.478 e. The SMILES string of the molecule is CS(=O)(=O)CCn1ncc(C(=O)O)c1I. The van der Waals surface area contributed by atoms with Crippen molar-refractivity contribution in [1.29, 1.82) is 0 Å². The maximum Gasteiger partial charge on any atom is 0.340 e. The van der Waals surface area contributed by atoms with Gasteiger partial charge >= 0.3 is 5.97 Å². The third-order valence-corrected chi connectivity index (χ3v) is 3.74. The predicted molar refractivity (Wildman–Crippen MR) is 61.6 cm³/mol. The number of hydrogen-bond acceptors (Lipinski definition) is 4. The molecule has 8 heteroatoms. The van der Waals surface area contributed by atoms with E-state index in [0.717, 1.165) is 6.26 Å². The van der Waals surface area contributed by atoms with Gasteiger partial charge in [0.2, 0.25) is 0 Å². The first-order valence-corrected chi connectivity index (χ1v) is 7.07. The minimum absolute atomic E-state index is 0.0518. The van der Waals surface area contributed by atoms with Crippen LogP contribution in [-0.2, 0) is 16.4 Å². The fraction of sp³-hybridized carbons (Fsp3) is 0.429. The summed E-state index contributed by atoms with van der Waals surface area (Å²) in [6.07, 6.45) is 2.34. The monoisotopic (exact) mass is 344 g/mol. The van der Waals surface area contributed by atoms with Crippen molar-refractivity contribution in [3.8, 4) is 0 Å². The van der Waals surface area contributed by atoms with Crippen LogP contribution < -0.4 is 0 Å². The zero-order valence-electron chi connectivity index (χ0n) is 7.84. The van der Waals surface area contributed by atoms with Gasteiger partial charge in [0.05, 0.1) is 18.5 Å². The van der Waals surface area contributed by atoms with Gasteiger partial charge in [-0.25, -0.2) is 13.2 Å². The van der Waals surface area contributed by atoms with E-state index in [1.807, 2.05) is 22.6 Å². The molecule has 0 amide bonds. The molecule has 1 aromatic heterocycles. The van der Waals surface area contributed by atoms with Crippen molar-refractivity contribution in [3.63, 3.8) is 0 Å². The van der Waals surface area contributed by atoms with E-state index in [1.165, 1.54) is 10.9 Å². The molecule has 0 aliphatic heterocycles. The lowest BCUT2D eigenvalue weighted by molar-refractivity contribution is 0.0695. The van der Waals surface area contributed by atoms with Gasteiger partial charge in [-0.3, -0.25) is 4.68 Å². The lowest BCUT2D eigenvalue weighted by Gasteiger charge is -2.01.